The lowest BCUT2D eigenvalue weighted by Crippen LogP contribution is -2.37. The molecule has 4 N–H and O–H groups in total. The number of pyridine rings is 2. The van der Waals surface area contributed by atoms with E-state index in [1.54, 1.807) is 6.20 Å². The summed E-state index contributed by atoms with van der Waals surface area (Å²) in [6.07, 6.45) is 0.871. The van der Waals surface area contributed by atoms with E-state index in [-0.39, 0.29) is 23.7 Å². The fourth-order valence-electron chi connectivity index (χ4n) is 3.82. The molecule has 1 atom stereocenters. The third-order valence-electron chi connectivity index (χ3n) is 5.61. The molecular weight excluding hydrogens is 465 g/mol. The number of aromatic nitrogens is 2. The third kappa shape index (κ3) is 6.58. The summed E-state index contributed by atoms with van der Waals surface area (Å²) in [7, 11) is 0. The Bertz CT molecular complexity index is 1210. The summed E-state index contributed by atoms with van der Waals surface area (Å²) in [5, 5.41) is 26.9. The number of halogens is 1. The number of benzene rings is 1. The smallest absolute Gasteiger partial charge is 0.404 e. The van der Waals surface area contributed by atoms with Crippen molar-refractivity contribution >= 4 is 29.2 Å². The Hall–Kier alpha value is -4.43. The van der Waals surface area contributed by atoms with E-state index in [9.17, 15) is 14.4 Å². The molecule has 36 heavy (non-hydrogen) atoms. The van der Waals surface area contributed by atoms with Crippen molar-refractivity contribution in [3.05, 3.63) is 71.7 Å². The van der Waals surface area contributed by atoms with E-state index in [0.29, 0.717) is 25.3 Å². The van der Waals surface area contributed by atoms with E-state index >= 15 is 0 Å². The van der Waals surface area contributed by atoms with Gasteiger partial charge in [0.1, 0.15) is 11.9 Å². The number of nitriles is 1. The first kappa shape index (κ1) is 24.7. The molecule has 1 aliphatic heterocycles. The predicted octanol–water partition coefficient (Wildman–Crippen LogP) is 3.36. The Morgan fingerprint density at radius 1 is 1.19 bits per heavy atom. The first-order valence-corrected chi connectivity index (χ1v) is 11.5. The van der Waals surface area contributed by atoms with Crippen molar-refractivity contribution in [2.75, 3.05) is 48.4 Å². The molecule has 4 rings (SSSR count). The number of nitrogens with zero attached hydrogens (tertiary/aromatic N) is 4. The second-order valence-electron chi connectivity index (χ2n) is 8.17. The number of amides is 1. The van der Waals surface area contributed by atoms with E-state index in [0.717, 1.165) is 30.5 Å². The normalized spacial score (nSPS) is 13.9. The van der Waals surface area contributed by atoms with Crippen molar-refractivity contribution in [3.63, 3.8) is 0 Å². The summed E-state index contributed by atoms with van der Waals surface area (Å²) in [5.74, 6) is 0.161. The molecule has 0 radical (unpaired) electrons. The van der Waals surface area contributed by atoms with Gasteiger partial charge in [-0.1, -0.05) is 30.3 Å². The molecule has 1 aliphatic rings. The average Bonchev–Trinajstić information content (AvgIpc) is 2.90. The van der Waals surface area contributed by atoms with Crippen molar-refractivity contribution in [2.45, 2.75) is 12.5 Å². The fourth-order valence-corrected chi connectivity index (χ4v) is 3.82. The summed E-state index contributed by atoms with van der Waals surface area (Å²) in [5.41, 5.74) is 1.56. The summed E-state index contributed by atoms with van der Waals surface area (Å²) in [4.78, 5) is 22.0. The van der Waals surface area contributed by atoms with Crippen LogP contribution in [-0.4, -0.2) is 60.1 Å². The van der Waals surface area contributed by atoms with Gasteiger partial charge in [-0.05, 0) is 30.2 Å². The van der Waals surface area contributed by atoms with Crippen LogP contribution in [0.1, 0.15) is 11.1 Å². The lowest BCUT2D eigenvalue weighted by atomic mass is 10.1. The van der Waals surface area contributed by atoms with E-state index < -0.39 is 18.0 Å². The zero-order valence-corrected chi connectivity index (χ0v) is 19.4. The van der Waals surface area contributed by atoms with Crippen LogP contribution < -0.4 is 20.9 Å². The summed E-state index contributed by atoms with van der Waals surface area (Å²) in [6.45, 7) is 2.84. The standard InChI is InChI=1S/C25H26FN7O3/c26-21-13-18(14-27)23(30-19-6-7-22(28-15-19)33-8-10-36-11-9-33)32-24(21)31-20(16-29-25(34)35)12-17-4-2-1-3-5-17/h1-7,13,15,20,29H,8-12,16H2,(H,34,35)(H2,30,31,32). The van der Waals surface area contributed by atoms with Gasteiger partial charge in [0.25, 0.3) is 0 Å². The maximum atomic E-state index is 14.8. The van der Waals surface area contributed by atoms with Crippen LogP contribution in [0.4, 0.5) is 32.3 Å². The number of nitrogens with one attached hydrogen (secondary N) is 3. The zero-order chi connectivity index (χ0) is 25.3. The van der Waals surface area contributed by atoms with Crippen LogP contribution in [0.5, 0.6) is 0 Å². The SMILES string of the molecule is N#Cc1cc(F)c(NC(CNC(=O)O)Cc2ccccc2)nc1Nc1ccc(N2CCOCC2)nc1. The maximum absolute atomic E-state index is 14.8. The van der Waals surface area contributed by atoms with Gasteiger partial charge in [0.05, 0.1) is 30.7 Å². The topological polar surface area (TPSA) is 135 Å². The molecule has 0 spiro atoms. The van der Waals surface area contributed by atoms with Gasteiger partial charge in [0.15, 0.2) is 17.5 Å². The number of hydrogen-bond donors (Lipinski definition) is 4. The van der Waals surface area contributed by atoms with Gasteiger partial charge < -0.3 is 30.7 Å². The van der Waals surface area contributed by atoms with Crippen LogP contribution in [0.25, 0.3) is 0 Å². The van der Waals surface area contributed by atoms with Gasteiger partial charge in [0, 0.05) is 25.7 Å². The highest BCUT2D eigenvalue weighted by Crippen LogP contribution is 2.25. The van der Waals surface area contributed by atoms with Crippen LogP contribution >= 0.6 is 0 Å². The second kappa shape index (κ2) is 11.8. The number of carboxylic acid groups (broad SMARTS) is 1. The van der Waals surface area contributed by atoms with Crippen molar-refractivity contribution in [1.82, 2.24) is 15.3 Å². The molecule has 2 aromatic heterocycles. The monoisotopic (exact) mass is 491 g/mol. The molecule has 1 aromatic carbocycles. The Morgan fingerprint density at radius 3 is 2.64 bits per heavy atom. The predicted molar refractivity (Wildman–Crippen MR) is 133 cm³/mol. The Labute approximate surface area is 207 Å². The number of morpholine rings is 1. The van der Waals surface area contributed by atoms with Gasteiger partial charge in [-0.25, -0.2) is 19.2 Å². The molecule has 0 saturated carbocycles. The largest absolute Gasteiger partial charge is 0.465 e. The van der Waals surface area contributed by atoms with Gasteiger partial charge in [-0.3, -0.25) is 0 Å². The molecule has 186 valence electrons. The fraction of sp³-hybridized carbons (Fsp3) is 0.280. The molecule has 1 unspecified atom stereocenters. The van der Waals surface area contributed by atoms with E-state index in [1.165, 1.54) is 0 Å². The van der Waals surface area contributed by atoms with Gasteiger partial charge in [-0.2, -0.15) is 5.26 Å². The first-order chi connectivity index (χ1) is 17.5. The minimum Gasteiger partial charge on any atom is -0.465 e. The molecular formula is C25H26FN7O3. The highest BCUT2D eigenvalue weighted by molar-refractivity contribution is 5.66. The van der Waals surface area contributed by atoms with Crippen LogP contribution in [0.2, 0.25) is 0 Å². The van der Waals surface area contributed by atoms with Crippen LogP contribution in [0.3, 0.4) is 0 Å². The summed E-state index contributed by atoms with van der Waals surface area (Å²) >= 11 is 0. The molecule has 3 aromatic rings. The van der Waals surface area contributed by atoms with Gasteiger partial charge in [-0.15, -0.1) is 0 Å². The van der Waals surface area contributed by atoms with Crippen molar-refractivity contribution in [1.29, 1.82) is 5.26 Å². The van der Waals surface area contributed by atoms with Crippen molar-refractivity contribution < 1.29 is 19.0 Å². The minimum absolute atomic E-state index is 0.0265. The Morgan fingerprint density at radius 2 is 1.97 bits per heavy atom. The van der Waals surface area contributed by atoms with E-state index in [1.807, 2.05) is 48.5 Å². The Kier molecular flexibility index (Phi) is 8.10. The molecule has 0 bridgehead atoms. The summed E-state index contributed by atoms with van der Waals surface area (Å²) in [6, 6.07) is 15.7. The van der Waals surface area contributed by atoms with Crippen LogP contribution in [0.15, 0.2) is 54.7 Å². The van der Waals surface area contributed by atoms with Crippen molar-refractivity contribution in [2.24, 2.45) is 0 Å². The van der Waals surface area contributed by atoms with Crippen LogP contribution in [0, 0.1) is 17.1 Å². The average molecular weight is 492 g/mol. The molecule has 10 nitrogen and oxygen atoms in total. The van der Waals surface area contributed by atoms with E-state index in [4.69, 9.17) is 9.84 Å². The molecule has 11 heteroatoms. The van der Waals surface area contributed by atoms with Gasteiger partial charge in [0.2, 0.25) is 0 Å². The number of hydrogen-bond acceptors (Lipinski definition) is 8. The number of ether oxygens (including phenoxy) is 1. The molecule has 0 aliphatic carbocycles. The van der Waals surface area contributed by atoms with Crippen LogP contribution in [-0.2, 0) is 11.2 Å². The quantitative estimate of drug-likeness (QED) is 0.355. The minimum atomic E-state index is -1.18. The lowest BCUT2D eigenvalue weighted by Gasteiger charge is -2.27. The highest BCUT2D eigenvalue weighted by atomic mass is 19.1. The lowest BCUT2D eigenvalue weighted by molar-refractivity contribution is 0.122. The zero-order valence-electron chi connectivity index (χ0n) is 19.4. The molecule has 1 saturated heterocycles. The number of anilines is 4. The summed E-state index contributed by atoms with van der Waals surface area (Å²) < 4.78 is 20.2. The molecule has 3 heterocycles. The molecule has 1 fully saturated rings. The first-order valence-electron chi connectivity index (χ1n) is 11.5. The highest BCUT2D eigenvalue weighted by Gasteiger charge is 2.18. The van der Waals surface area contributed by atoms with E-state index in [2.05, 4.69) is 30.8 Å². The second-order valence-corrected chi connectivity index (χ2v) is 8.17. The Balaban J connectivity index is 1.53. The third-order valence-corrected chi connectivity index (χ3v) is 5.61. The molecule has 1 amide bonds. The number of rotatable bonds is 9. The van der Waals surface area contributed by atoms with Crippen molar-refractivity contribution in [3.8, 4) is 6.07 Å². The van der Waals surface area contributed by atoms with Gasteiger partial charge >= 0.3 is 6.09 Å². The number of carbonyl (C=O) groups is 1. The maximum Gasteiger partial charge on any atom is 0.404 e.